The molecule has 0 aliphatic carbocycles. The minimum Gasteiger partial charge on any atom is -0.497 e. The van der Waals surface area contributed by atoms with Crippen LogP contribution in [0.1, 0.15) is 0 Å². The molecule has 0 unspecified atom stereocenters. The van der Waals surface area contributed by atoms with E-state index in [0.29, 0.717) is 17.1 Å². The highest BCUT2D eigenvalue weighted by Gasteiger charge is 2.28. The van der Waals surface area contributed by atoms with Crippen molar-refractivity contribution in [2.75, 3.05) is 28.4 Å². The van der Waals surface area contributed by atoms with E-state index in [9.17, 15) is 4.57 Å². The maximum atomic E-state index is 12.7. The van der Waals surface area contributed by atoms with Crippen molar-refractivity contribution in [1.82, 2.24) is 0 Å². The molecule has 0 saturated carbocycles. The Balaban J connectivity index is 2.41. The van der Waals surface area contributed by atoms with Crippen molar-refractivity contribution in [2.24, 2.45) is 10.2 Å². The maximum absolute atomic E-state index is 12.7. The van der Waals surface area contributed by atoms with E-state index in [1.165, 1.54) is 21.3 Å². The van der Waals surface area contributed by atoms with E-state index in [4.69, 9.17) is 18.5 Å². The van der Waals surface area contributed by atoms with E-state index < -0.39 is 7.60 Å². The zero-order chi connectivity index (χ0) is 17.6. The number of methoxy groups -OCH3 is 2. The molecule has 0 aliphatic rings. The van der Waals surface area contributed by atoms with Crippen molar-refractivity contribution >= 4 is 24.3 Å². The number of azo groups is 1. The molecule has 24 heavy (non-hydrogen) atoms. The van der Waals surface area contributed by atoms with Crippen LogP contribution in [0.2, 0.25) is 0 Å². The van der Waals surface area contributed by atoms with Crippen LogP contribution in [-0.2, 0) is 13.6 Å². The molecule has 0 atom stereocenters. The predicted molar refractivity (Wildman–Crippen MR) is 91.4 cm³/mol. The minimum atomic E-state index is -3.50. The number of ether oxygens (including phenoxy) is 2. The van der Waals surface area contributed by atoms with E-state index in [2.05, 4.69) is 10.2 Å². The average Bonchev–Trinajstić information content (AvgIpc) is 2.66. The molecule has 7 nitrogen and oxygen atoms in total. The lowest BCUT2D eigenvalue weighted by Crippen LogP contribution is -2.09. The molecule has 2 rings (SSSR count). The Morgan fingerprint density at radius 1 is 0.792 bits per heavy atom. The molecule has 0 saturated heterocycles. The van der Waals surface area contributed by atoms with Gasteiger partial charge in [0, 0.05) is 14.2 Å². The van der Waals surface area contributed by atoms with Gasteiger partial charge in [0.2, 0.25) is 0 Å². The number of nitrogens with zero attached hydrogens (tertiary/aromatic N) is 2. The fourth-order valence-electron chi connectivity index (χ4n) is 1.97. The highest BCUT2D eigenvalue weighted by atomic mass is 31.2. The van der Waals surface area contributed by atoms with Gasteiger partial charge >= 0.3 is 7.60 Å². The van der Waals surface area contributed by atoms with Crippen LogP contribution in [0, 0.1) is 0 Å². The molecule has 0 bridgehead atoms. The summed E-state index contributed by atoms with van der Waals surface area (Å²) in [6, 6.07) is 12.0. The first kappa shape index (κ1) is 18.1. The van der Waals surface area contributed by atoms with Crippen LogP contribution >= 0.6 is 7.60 Å². The Morgan fingerprint density at radius 2 is 1.38 bits per heavy atom. The van der Waals surface area contributed by atoms with Gasteiger partial charge in [-0.15, -0.1) is 5.11 Å². The standard InChI is InChI=1S/C16H19N2O5P/c1-20-13-7-5-12(6-8-13)17-18-15-10-9-14(21-2)11-16(15)24(19,22-3)23-4/h5-11H,1-4H3. The van der Waals surface area contributed by atoms with Crippen LogP contribution in [0.5, 0.6) is 11.5 Å². The Hall–Kier alpha value is -2.21. The van der Waals surface area contributed by atoms with Crippen molar-refractivity contribution < 1.29 is 23.1 Å². The van der Waals surface area contributed by atoms with Crippen molar-refractivity contribution in [3.8, 4) is 11.5 Å². The number of hydrogen-bond acceptors (Lipinski definition) is 7. The van der Waals surface area contributed by atoms with E-state index >= 15 is 0 Å². The fraction of sp³-hybridized carbons (Fsp3) is 0.250. The minimum absolute atomic E-state index is 0.282. The van der Waals surface area contributed by atoms with Gasteiger partial charge in [0.15, 0.2) is 0 Å². The quantitative estimate of drug-likeness (QED) is 0.551. The highest BCUT2D eigenvalue weighted by molar-refractivity contribution is 7.62. The van der Waals surface area contributed by atoms with Gasteiger partial charge in [0.25, 0.3) is 0 Å². The van der Waals surface area contributed by atoms with E-state index in [1.54, 1.807) is 49.6 Å². The molecule has 2 aromatic carbocycles. The highest BCUT2D eigenvalue weighted by Crippen LogP contribution is 2.48. The van der Waals surface area contributed by atoms with Gasteiger partial charge in [-0.2, -0.15) is 5.11 Å². The summed E-state index contributed by atoms with van der Waals surface area (Å²) in [6.07, 6.45) is 0. The summed E-state index contributed by atoms with van der Waals surface area (Å²) in [4.78, 5) is 0. The lowest BCUT2D eigenvalue weighted by Gasteiger charge is -2.16. The van der Waals surface area contributed by atoms with Gasteiger partial charge in [0.05, 0.1) is 25.2 Å². The molecular formula is C16H19N2O5P. The van der Waals surface area contributed by atoms with Gasteiger partial charge in [-0.1, -0.05) is 0 Å². The smallest absolute Gasteiger partial charge is 0.363 e. The van der Waals surface area contributed by atoms with Gasteiger partial charge in [-0.3, -0.25) is 4.57 Å². The van der Waals surface area contributed by atoms with Crippen LogP contribution in [0.25, 0.3) is 0 Å². The maximum Gasteiger partial charge on any atom is 0.363 e. The Labute approximate surface area is 140 Å². The Bertz CT molecular complexity index is 754. The fourth-order valence-corrected chi connectivity index (χ4v) is 3.19. The molecule has 0 radical (unpaired) electrons. The first-order chi connectivity index (χ1) is 11.6. The summed E-state index contributed by atoms with van der Waals surface area (Å²) >= 11 is 0. The van der Waals surface area contributed by atoms with Gasteiger partial charge < -0.3 is 18.5 Å². The van der Waals surface area contributed by atoms with Gasteiger partial charge in [0.1, 0.15) is 17.2 Å². The molecule has 128 valence electrons. The molecule has 0 aromatic heterocycles. The van der Waals surface area contributed by atoms with Crippen LogP contribution in [-0.4, -0.2) is 28.4 Å². The normalized spacial score (nSPS) is 11.7. The second-order valence-corrected chi connectivity index (χ2v) is 6.82. The molecule has 0 heterocycles. The molecule has 0 N–H and O–H groups in total. The summed E-state index contributed by atoms with van der Waals surface area (Å²) in [7, 11) is 2.23. The largest absolute Gasteiger partial charge is 0.497 e. The average molecular weight is 350 g/mol. The summed E-state index contributed by atoms with van der Waals surface area (Å²) < 4.78 is 33.1. The lowest BCUT2D eigenvalue weighted by atomic mass is 10.3. The molecular weight excluding hydrogens is 331 g/mol. The second kappa shape index (κ2) is 8.06. The first-order valence-corrected chi connectivity index (χ1v) is 8.56. The molecule has 0 fully saturated rings. The van der Waals surface area contributed by atoms with Gasteiger partial charge in [-0.25, -0.2) is 0 Å². The summed E-state index contributed by atoms with van der Waals surface area (Å²) in [5.74, 6) is 1.24. The first-order valence-electron chi connectivity index (χ1n) is 7.02. The summed E-state index contributed by atoms with van der Waals surface area (Å²) in [6.45, 7) is 0. The molecule has 0 aliphatic heterocycles. The van der Waals surface area contributed by atoms with Crippen molar-refractivity contribution in [3.05, 3.63) is 42.5 Å². The SMILES string of the molecule is COc1ccc(N=Nc2ccc(OC)cc2P(=O)(OC)OC)cc1. The number of benzene rings is 2. The van der Waals surface area contributed by atoms with Gasteiger partial charge in [-0.05, 0) is 42.5 Å². The third kappa shape index (κ3) is 4.00. The Kier molecular flexibility index (Phi) is 6.09. The summed E-state index contributed by atoms with van der Waals surface area (Å²) in [5.41, 5.74) is 1.00. The third-order valence-corrected chi connectivity index (χ3v) is 5.21. The lowest BCUT2D eigenvalue weighted by molar-refractivity contribution is 0.287. The summed E-state index contributed by atoms with van der Waals surface area (Å²) in [5, 5.41) is 8.59. The number of rotatable bonds is 7. The second-order valence-electron chi connectivity index (χ2n) is 4.62. The van der Waals surface area contributed by atoms with E-state index in [0.717, 1.165) is 5.75 Å². The van der Waals surface area contributed by atoms with Crippen LogP contribution in [0.3, 0.4) is 0 Å². The van der Waals surface area contributed by atoms with Crippen molar-refractivity contribution in [3.63, 3.8) is 0 Å². The van der Waals surface area contributed by atoms with E-state index in [-0.39, 0.29) is 5.30 Å². The zero-order valence-corrected chi connectivity index (χ0v) is 14.8. The topological polar surface area (TPSA) is 78.7 Å². The zero-order valence-electron chi connectivity index (χ0n) is 13.9. The molecule has 8 heteroatoms. The van der Waals surface area contributed by atoms with Crippen LogP contribution in [0.15, 0.2) is 52.7 Å². The molecule has 0 spiro atoms. The van der Waals surface area contributed by atoms with E-state index in [1.807, 2.05) is 0 Å². The third-order valence-electron chi connectivity index (χ3n) is 3.30. The molecule has 0 amide bonds. The Morgan fingerprint density at radius 3 is 1.92 bits per heavy atom. The number of hydrogen-bond donors (Lipinski definition) is 0. The monoisotopic (exact) mass is 350 g/mol. The van der Waals surface area contributed by atoms with Crippen molar-refractivity contribution in [2.45, 2.75) is 0 Å². The van der Waals surface area contributed by atoms with Crippen molar-refractivity contribution in [1.29, 1.82) is 0 Å². The van der Waals surface area contributed by atoms with Crippen LogP contribution in [0.4, 0.5) is 11.4 Å². The predicted octanol–water partition coefficient (Wildman–Crippen LogP) is 4.23. The molecule has 2 aromatic rings. The van der Waals surface area contributed by atoms with Crippen LogP contribution < -0.4 is 14.8 Å².